The van der Waals surface area contributed by atoms with Crippen LogP contribution < -0.4 is 10.0 Å². The van der Waals surface area contributed by atoms with Crippen LogP contribution in [-0.4, -0.2) is 32.0 Å². The highest BCUT2D eigenvalue weighted by molar-refractivity contribution is 7.89. The molecule has 0 spiro atoms. The van der Waals surface area contributed by atoms with Crippen molar-refractivity contribution in [3.63, 3.8) is 0 Å². The van der Waals surface area contributed by atoms with E-state index in [-0.39, 0.29) is 23.0 Å². The van der Waals surface area contributed by atoms with Gasteiger partial charge in [-0.1, -0.05) is 6.07 Å². The number of rotatable bonds is 7. The van der Waals surface area contributed by atoms with E-state index in [9.17, 15) is 18.3 Å². The Balaban J connectivity index is 2.06. The fraction of sp³-hybridized carbons (Fsp3) is 0.312. The van der Waals surface area contributed by atoms with Crippen molar-refractivity contribution in [3.8, 4) is 0 Å². The minimum Gasteiger partial charge on any atom is -0.467 e. The molecule has 1 heterocycles. The molecule has 0 saturated carbocycles. The summed E-state index contributed by atoms with van der Waals surface area (Å²) in [4.78, 5) is 12.2. The topological polar surface area (TPSA) is 109 Å². The molecule has 8 heteroatoms. The van der Waals surface area contributed by atoms with Crippen LogP contribution in [0, 0.1) is 0 Å². The van der Waals surface area contributed by atoms with Gasteiger partial charge in [0.2, 0.25) is 10.0 Å². The number of carbonyl (C=O) groups is 1. The van der Waals surface area contributed by atoms with Crippen molar-refractivity contribution in [2.24, 2.45) is 0 Å². The fourth-order valence-electron chi connectivity index (χ4n) is 2.06. The zero-order valence-electron chi connectivity index (χ0n) is 13.4. The molecule has 0 aliphatic carbocycles. The first-order valence-electron chi connectivity index (χ1n) is 7.41. The third kappa shape index (κ3) is 4.67. The summed E-state index contributed by atoms with van der Waals surface area (Å²) in [5.74, 6) is -0.144. The molecule has 1 unspecified atom stereocenters. The van der Waals surface area contributed by atoms with Crippen LogP contribution in [0.4, 0.5) is 0 Å². The van der Waals surface area contributed by atoms with Crippen LogP contribution in [0.5, 0.6) is 0 Å². The number of hydrogen-bond acceptors (Lipinski definition) is 5. The summed E-state index contributed by atoms with van der Waals surface area (Å²) < 4.78 is 31.8. The number of nitrogens with one attached hydrogen (secondary N) is 2. The summed E-state index contributed by atoms with van der Waals surface area (Å²) in [7, 11) is -3.68. The van der Waals surface area contributed by atoms with Gasteiger partial charge in [-0.2, -0.15) is 0 Å². The maximum Gasteiger partial charge on any atom is 0.251 e. The van der Waals surface area contributed by atoms with Gasteiger partial charge in [0.05, 0.1) is 17.7 Å². The van der Waals surface area contributed by atoms with Crippen LogP contribution in [0.25, 0.3) is 0 Å². The number of benzene rings is 1. The van der Waals surface area contributed by atoms with Gasteiger partial charge >= 0.3 is 0 Å². The average molecular weight is 352 g/mol. The number of furan rings is 1. The Morgan fingerprint density at radius 1 is 1.25 bits per heavy atom. The van der Waals surface area contributed by atoms with Crippen molar-refractivity contribution in [1.29, 1.82) is 0 Å². The van der Waals surface area contributed by atoms with Crippen LogP contribution in [0.1, 0.15) is 36.1 Å². The van der Waals surface area contributed by atoms with Gasteiger partial charge in [0.25, 0.3) is 5.91 Å². The van der Waals surface area contributed by atoms with Gasteiger partial charge in [0, 0.05) is 11.6 Å². The molecule has 1 aromatic carbocycles. The minimum absolute atomic E-state index is 0.00966. The van der Waals surface area contributed by atoms with E-state index in [0.717, 1.165) is 0 Å². The molecule has 2 rings (SSSR count). The summed E-state index contributed by atoms with van der Waals surface area (Å²) in [5.41, 5.74) is 0.188. The van der Waals surface area contributed by atoms with Gasteiger partial charge in [-0.05, 0) is 44.2 Å². The monoisotopic (exact) mass is 352 g/mol. The predicted octanol–water partition coefficient (Wildman–Crippen LogP) is 1.43. The lowest BCUT2D eigenvalue weighted by molar-refractivity contribution is 0.0901. The molecule has 0 bridgehead atoms. The van der Waals surface area contributed by atoms with Crippen molar-refractivity contribution in [2.45, 2.75) is 30.9 Å². The second kappa shape index (κ2) is 7.61. The van der Waals surface area contributed by atoms with E-state index in [0.29, 0.717) is 5.76 Å². The Bertz CT molecular complexity index is 785. The molecule has 3 N–H and O–H groups in total. The van der Waals surface area contributed by atoms with Gasteiger partial charge in [-0.25, -0.2) is 13.1 Å². The molecular formula is C16H20N2O5S. The normalized spacial score (nSPS) is 13.0. The maximum atomic E-state index is 12.2. The van der Waals surface area contributed by atoms with E-state index < -0.39 is 22.0 Å². The number of amides is 1. The first kappa shape index (κ1) is 18.2. The standard InChI is InChI=1S/C16H20N2O5S/c1-11(2)18-24(21,22)13-6-3-5-12(9-13)16(20)17-10-14(19)15-7-4-8-23-15/h3-9,11,14,18-19H,10H2,1-2H3,(H,17,20). The van der Waals surface area contributed by atoms with Crippen molar-refractivity contribution in [2.75, 3.05) is 6.54 Å². The number of aliphatic hydroxyl groups is 1. The van der Waals surface area contributed by atoms with E-state index in [1.807, 2.05) is 0 Å². The highest BCUT2D eigenvalue weighted by atomic mass is 32.2. The molecule has 0 saturated heterocycles. The lowest BCUT2D eigenvalue weighted by Gasteiger charge is -2.12. The second-order valence-corrected chi connectivity index (χ2v) is 7.26. The summed E-state index contributed by atoms with van der Waals surface area (Å²) in [5, 5.41) is 12.4. The molecule has 0 fully saturated rings. The lowest BCUT2D eigenvalue weighted by Crippen LogP contribution is -2.31. The number of hydrogen-bond donors (Lipinski definition) is 3. The Hall–Kier alpha value is -2.16. The first-order valence-corrected chi connectivity index (χ1v) is 8.90. The average Bonchev–Trinajstić information content (AvgIpc) is 3.05. The molecule has 0 aliphatic rings. The summed E-state index contributed by atoms with van der Waals surface area (Å²) in [6.45, 7) is 3.38. The minimum atomic E-state index is -3.68. The van der Waals surface area contributed by atoms with Crippen molar-refractivity contribution >= 4 is 15.9 Å². The van der Waals surface area contributed by atoms with E-state index in [2.05, 4.69) is 10.0 Å². The molecule has 130 valence electrons. The SMILES string of the molecule is CC(C)NS(=O)(=O)c1cccc(C(=O)NCC(O)c2ccco2)c1. The lowest BCUT2D eigenvalue weighted by atomic mass is 10.2. The Kier molecular flexibility index (Phi) is 5.76. The van der Waals surface area contributed by atoms with Gasteiger partial charge in [-0.3, -0.25) is 4.79 Å². The zero-order valence-corrected chi connectivity index (χ0v) is 14.2. The maximum absolute atomic E-state index is 12.2. The molecule has 1 amide bonds. The summed E-state index contributed by atoms with van der Waals surface area (Å²) >= 11 is 0. The molecule has 2 aromatic rings. The summed E-state index contributed by atoms with van der Waals surface area (Å²) in [6.07, 6.45) is 0.453. The molecule has 1 atom stereocenters. The molecule has 7 nitrogen and oxygen atoms in total. The number of carbonyl (C=O) groups excluding carboxylic acids is 1. The second-order valence-electron chi connectivity index (χ2n) is 5.55. The Morgan fingerprint density at radius 3 is 2.62 bits per heavy atom. The quantitative estimate of drug-likeness (QED) is 0.698. The van der Waals surface area contributed by atoms with Crippen LogP contribution >= 0.6 is 0 Å². The molecule has 24 heavy (non-hydrogen) atoms. The first-order chi connectivity index (χ1) is 11.3. The van der Waals surface area contributed by atoms with Crippen LogP contribution in [0.3, 0.4) is 0 Å². The Morgan fingerprint density at radius 2 is 2.00 bits per heavy atom. The molecule has 0 aliphatic heterocycles. The van der Waals surface area contributed by atoms with Gasteiger partial charge in [0.15, 0.2) is 0 Å². The zero-order chi connectivity index (χ0) is 17.7. The molecule has 1 aromatic heterocycles. The highest BCUT2D eigenvalue weighted by Crippen LogP contribution is 2.14. The van der Waals surface area contributed by atoms with Gasteiger partial charge < -0.3 is 14.8 Å². The molecule has 0 radical (unpaired) electrons. The van der Waals surface area contributed by atoms with E-state index in [4.69, 9.17) is 4.42 Å². The van der Waals surface area contributed by atoms with Crippen molar-refractivity contribution in [1.82, 2.24) is 10.0 Å². The largest absolute Gasteiger partial charge is 0.467 e. The van der Waals surface area contributed by atoms with Gasteiger partial charge in [0.1, 0.15) is 11.9 Å². The van der Waals surface area contributed by atoms with E-state index in [1.165, 1.54) is 30.5 Å². The van der Waals surface area contributed by atoms with Crippen molar-refractivity contribution < 1.29 is 22.7 Å². The van der Waals surface area contributed by atoms with Crippen LogP contribution in [0.15, 0.2) is 52.0 Å². The van der Waals surface area contributed by atoms with Gasteiger partial charge in [-0.15, -0.1) is 0 Å². The van der Waals surface area contributed by atoms with E-state index >= 15 is 0 Å². The number of sulfonamides is 1. The smallest absolute Gasteiger partial charge is 0.251 e. The fourth-order valence-corrected chi connectivity index (χ4v) is 3.35. The number of aliphatic hydroxyl groups excluding tert-OH is 1. The van der Waals surface area contributed by atoms with Crippen LogP contribution in [0.2, 0.25) is 0 Å². The van der Waals surface area contributed by atoms with Crippen LogP contribution in [-0.2, 0) is 10.0 Å². The van der Waals surface area contributed by atoms with Crippen molar-refractivity contribution in [3.05, 3.63) is 54.0 Å². The third-order valence-electron chi connectivity index (χ3n) is 3.12. The third-order valence-corrected chi connectivity index (χ3v) is 4.78. The predicted molar refractivity (Wildman–Crippen MR) is 87.9 cm³/mol. The highest BCUT2D eigenvalue weighted by Gasteiger charge is 2.18. The van der Waals surface area contributed by atoms with E-state index in [1.54, 1.807) is 26.0 Å². The Labute approximate surface area is 140 Å². The summed E-state index contributed by atoms with van der Waals surface area (Å²) in [6, 6.07) is 8.68. The molecular weight excluding hydrogens is 332 g/mol.